The van der Waals surface area contributed by atoms with Gasteiger partial charge in [0.2, 0.25) is 0 Å². The Balaban J connectivity index is 1.44. The number of aromatic nitrogens is 5. The number of hydrogen-bond acceptors (Lipinski definition) is 5. The van der Waals surface area contributed by atoms with Gasteiger partial charge in [0, 0.05) is 36.1 Å². The third kappa shape index (κ3) is 3.75. The highest BCUT2D eigenvalue weighted by Gasteiger charge is 2.04. The van der Waals surface area contributed by atoms with Gasteiger partial charge in [-0.1, -0.05) is 30.0 Å². The Kier molecular flexibility index (Phi) is 4.52. The van der Waals surface area contributed by atoms with Crippen molar-refractivity contribution in [3.8, 4) is 16.9 Å². The van der Waals surface area contributed by atoms with E-state index in [9.17, 15) is 0 Å². The summed E-state index contributed by atoms with van der Waals surface area (Å²) in [6.45, 7) is 0. The Bertz CT molecular complexity index is 920. The maximum Gasteiger partial charge on any atom is 0.119 e. The summed E-state index contributed by atoms with van der Waals surface area (Å²) in [4.78, 5) is 4.12. The van der Waals surface area contributed by atoms with E-state index in [1.807, 2.05) is 65.6 Å². The lowest BCUT2D eigenvalue weighted by Crippen LogP contribution is -1.94. The van der Waals surface area contributed by atoms with E-state index in [2.05, 4.69) is 26.3 Å². The van der Waals surface area contributed by atoms with Crippen LogP contribution in [0.25, 0.3) is 16.9 Å². The van der Waals surface area contributed by atoms with Crippen molar-refractivity contribution in [2.75, 3.05) is 0 Å². The molecule has 0 radical (unpaired) electrons. The minimum atomic E-state index is 0.834. The van der Waals surface area contributed by atoms with E-state index in [-0.39, 0.29) is 0 Å². The molecule has 3 aromatic heterocycles. The molecule has 0 fully saturated rings. The first-order valence-electron chi connectivity index (χ1n) is 7.84. The fourth-order valence-electron chi connectivity index (χ4n) is 2.40. The molecule has 25 heavy (non-hydrogen) atoms. The van der Waals surface area contributed by atoms with Crippen LogP contribution in [0.5, 0.6) is 0 Å². The van der Waals surface area contributed by atoms with Crippen molar-refractivity contribution < 1.29 is 0 Å². The van der Waals surface area contributed by atoms with Gasteiger partial charge in [-0.15, -0.1) is 10.2 Å². The number of hydrogen-bond donors (Lipinski definition) is 0. The Hall–Kier alpha value is -2.99. The summed E-state index contributed by atoms with van der Waals surface area (Å²) in [6.07, 6.45) is 7.33. The van der Waals surface area contributed by atoms with Crippen molar-refractivity contribution in [3.05, 3.63) is 84.9 Å². The number of pyridine rings is 1. The Morgan fingerprint density at radius 2 is 1.80 bits per heavy atom. The highest BCUT2D eigenvalue weighted by molar-refractivity contribution is 7.98. The van der Waals surface area contributed by atoms with Crippen LogP contribution in [-0.4, -0.2) is 25.0 Å². The van der Waals surface area contributed by atoms with Crippen molar-refractivity contribution >= 4 is 11.8 Å². The van der Waals surface area contributed by atoms with Crippen LogP contribution in [0.15, 0.2) is 84.4 Å². The lowest BCUT2D eigenvalue weighted by Gasteiger charge is -2.05. The number of rotatable bonds is 5. The highest BCUT2D eigenvalue weighted by Crippen LogP contribution is 2.23. The molecule has 0 saturated carbocycles. The lowest BCUT2D eigenvalue weighted by atomic mass is 10.1. The molecular formula is C19H15N5S. The molecule has 0 aliphatic rings. The van der Waals surface area contributed by atoms with Crippen LogP contribution in [-0.2, 0) is 5.75 Å². The second-order valence-corrected chi connectivity index (χ2v) is 6.40. The minimum Gasteiger partial charge on any atom is -0.264 e. The van der Waals surface area contributed by atoms with Crippen molar-refractivity contribution in [3.63, 3.8) is 0 Å². The average molecular weight is 345 g/mol. The summed E-state index contributed by atoms with van der Waals surface area (Å²) < 4.78 is 1.83. The van der Waals surface area contributed by atoms with Gasteiger partial charge in [0.25, 0.3) is 0 Å². The number of benzene rings is 1. The molecular weight excluding hydrogens is 330 g/mol. The van der Waals surface area contributed by atoms with Gasteiger partial charge in [-0.25, -0.2) is 4.68 Å². The van der Waals surface area contributed by atoms with E-state index in [4.69, 9.17) is 0 Å². The third-order valence-corrected chi connectivity index (χ3v) is 4.67. The normalized spacial score (nSPS) is 10.7. The molecule has 5 nitrogen and oxygen atoms in total. The first-order chi connectivity index (χ1) is 12.4. The molecule has 3 heterocycles. The monoisotopic (exact) mass is 345 g/mol. The van der Waals surface area contributed by atoms with E-state index in [0.29, 0.717) is 0 Å². The van der Waals surface area contributed by atoms with E-state index < -0.39 is 0 Å². The van der Waals surface area contributed by atoms with Crippen LogP contribution < -0.4 is 0 Å². The molecule has 4 aromatic rings. The molecule has 0 N–H and O–H groups in total. The zero-order chi connectivity index (χ0) is 16.9. The van der Waals surface area contributed by atoms with Gasteiger partial charge in [0.1, 0.15) is 5.03 Å². The maximum atomic E-state index is 4.34. The largest absolute Gasteiger partial charge is 0.264 e. The van der Waals surface area contributed by atoms with Gasteiger partial charge in [-0.2, -0.15) is 5.10 Å². The van der Waals surface area contributed by atoms with Crippen molar-refractivity contribution in [2.45, 2.75) is 10.8 Å². The first kappa shape index (κ1) is 15.5. The predicted molar refractivity (Wildman–Crippen MR) is 98.4 cm³/mol. The molecule has 6 heteroatoms. The summed E-state index contributed by atoms with van der Waals surface area (Å²) in [7, 11) is 0. The maximum absolute atomic E-state index is 4.34. The Labute approximate surface area is 149 Å². The molecule has 1 aromatic carbocycles. The second kappa shape index (κ2) is 7.27. The van der Waals surface area contributed by atoms with Crippen LogP contribution in [0, 0.1) is 0 Å². The second-order valence-electron chi connectivity index (χ2n) is 5.40. The van der Waals surface area contributed by atoms with Crippen molar-refractivity contribution in [1.29, 1.82) is 0 Å². The Morgan fingerprint density at radius 1 is 0.880 bits per heavy atom. The fraction of sp³-hybridized carbons (Fsp3) is 0.0526. The predicted octanol–water partition coefficient (Wildman–Crippen LogP) is 4.02. The standard InChI is InChI=1S/C19H15N5S/c1-3-15(13-20-10-1)14-25-19-9-8-18(22-23-19)16-4-6-17(7-5-16)24-12-2-11-21-24/h1-13H,14H2. The molecule has 0 spiro atoms. The first-order valence-corrected chi connectivity index (χ1v) is 8.83. The minimum absolute atomic E-state index is 0.834. The van der Waals surface area contributed by atoms with Crippen molar-refractivity contribution in [1.82, 2.24) is 25.0 Å². The molecule has 0 amide bonds. The molecule has 4 rings (SSSR count). The van der Waals surface area contributed by atoms with Gasteiger partial charge in [0.05, 0.1) is 11.4 Å². The smallest absolute Gasteiger partial charge is 0.119 e. The number of thioether (sulfide) groups is 1. The van der Waals surface area contributed by atoms with E-state index in [1.165, 1.54) is 5.56 Å². The summed E-state index contributed by atoms with van der Waals surface area (Å²) in [6, 6.07) is 18.0. The third-order valence-electron chi connectivity index (χ3n) is 3.68. The average Bonchev–Trinajstić information content (AvgIpc) is 3.23. The number of nitrogens with zero attached hydrogens (tertiary/aromatic N) is 5. The lowest BCUT2D eigenvalue weighted by molar-refractivity contribution is 0.880. The molecule has 122 valence electrons. The van der Waals surface area contributed by atoms with Crippen LogP contribution in [0.3, 0.4) is 0 Å². The SMILES string of the molecule is c1cncc(CSc2ccc(-c3ccc(-n4cccn4)cc3)nn2)c1. The van der Waals surface area contributed by atoms with E-state index in [1.54, 1.807) is 24.2 Å². The summed E-state index contributed by atoms with van der Waals surface area (Å²) in [5, 5.41) is 13.8. The molecule has 0 aliphatic carbocycles. The summed E-state index contributed by atoms with van der Waals surface area (Å²) >= 11 is 1.65. The molecule has 0 atom stereocenters. The Morgan fingerprint density at radius 3 is 2.48 bits per heavy atom. The zero-order valence-corrected chi connectivity index (χ0v) is 14.2. The highest BCUT2D eigenvalue weighted by atomic mass is 32.2. The van der Waals surface area contributed by atoms with Gasteiger partial charge in [-0.3, -0.25) is 4.98 Å². The molecule has 0 aliphatic heterocycles. The van der Waals surface area contributed by atoms with E-state index >= 15 is 0 Å². The van der Waals surface area contributed by atoms with Crippen LogP contribution in [0.2, 0.25) is 0 Å². The summed E-state index contributed by atoms with van der Waals surface area (Å²) in [5.41, 5.74) is 4.09. The molecule has 0 unspecified atom stereocenters. The quantitative estimate of drug-likeness (QED) is 0.511. The van der Waals surface area contributed by atoms with Gasteiger partial charge in [-0.05, 0) is 42.0 Å². The summed E-state index contributed by atoms with van der Waals surface area (Å²) in [5.74, 6) is 0.834. The van der Waals surface area contributed by atoms with Gasteiger partial charge in [0.15, 0.2) is 0 Å². The van der Waals surface area contributed by atoms with Crippen LogP contribution in [0.4, 0.5) is 0 Å². The van der Waals surface area contributed by atoms with Crippen LogP contribution in [0.1, 0.15) is 5.56 Å². The fourth-order valence-corrected chi connectivity index (χ4v) is 3.15. The van der Waals surface area contributed by atoms with E-state index in [0.717, 1.165) is 27.7 Å². The van der Waals surface area contributed by atoms with Crippen molar-refractivity contribution in [2.24, 2.45) is 0 Å². The molecule has 0 bridgehead atoms. The molecule has 0 saturated heterocycles. The topological polar surface area (TPSA) is 56.5 Å². The zero-order valence-electron chi connectivity index (χ0n) is 13.4. The van der Waals surface area contributed by atoms with Crippen LogP contribution >= 0.6 is 11.8 Å². The van der Waals surface area contributed by atoms with Gasteiger partial charge >= 0.3 is 0 Å². The van der Waals surface area contributed by atoms with Gasteiger partial charge < -0.3 is 0 Å².